The number of amides is 1. The van der Waals surface area contributed by atoms with Crippen LogP contribution >= 0.6 is 11.3 Å². The number of imidazole rings is 1. The Morgan fingerprint density at radius 2 is 2.05 bits per heavy atom. The van der Waals surface area contributed by atoms with E-state index >= 15 is 4.39 Å². The SMILES string of the molecule is C=CC(=O)N1CCn2nc(-c3nc(-c4cn(C)cn4)c4ccsc4c3-c3c(F)cc(F)cc3OCCO)cc2[C@H]1C. The number of halogens is 2. The number of aryl methyl sites for hydroxylation is 1. The van der Waals surface area contributed by atoms with E-state index < -0.39 is 11.6 Å². The highest BCUT2D eigenvalue weighted by molar-refractivity contribution is 7.18. The summed E-state index contributed by atoms with van der Waals surface area (Å²) in [6, 6.07) is 5.35. The number of aromatic nitrogens is 5. The Labute approximate surface area is 238 Å². The molecule has 210 valence electrons. The summed E-state index contributed by atoms with van der Waals surface area (Å²) >= 11 is 1.38. The van der Waals surface area contributed by atoms with Gasteiger partial charge in [0.05, 0.1) is 42.5 Å². The number of ether oxygens (including phenoxy) is 1. The lowest BCUT2D eigenvalue weighted by molar-refractivity contribution is -0.129. The van der Waals surface area contributed by atoms with Crippen LogP contribution in [0.1, 0.15) is 18.7 Å². The van der Waals surface area contributed by atoms with Gasteiger partial charge in [-0.2, -0.15) is 5.10 Å². The molecule has 0 aliphatic carbocycles. The molecule has 1 amide bonds. The molecule has 0 spiro atoms. The third-order valence-electron chi connectivity index (χ3n) is 7.13. The standard InChI is InChI=1S/C29H26F2N6O3S/c1-4-24(39)36-6-7-37-22(16(36)2)13-20(34-37)28-26(25-19(31)11-17(30)12-23(25)40-9-8-38)29-18(5-10-41-29)27(33-28)21-14-35(3)15-32-21/h4-5,10-16,38H,1,6-9H2,2-3H3/t16-/m1/s1. The Hall–Kier alpha value is -4.42. The average Bonchev–Trinajstić information content (AvgIpc) is 3.71. The van der Waals surface area contributed by atoms with Crippen molar-refractivity contribution < 1.29 is 23.4 Å². The number of fused-ring (bicyclic) bond motifs is 2. The summed E-state index contributed by atoms with van der Waals surface area (Å²) in [5.74, 6) is -1.87. The van der Waals surface area contributed by atoms with Gasteiger partial charge in [0.2, 0.25) is 5.91 Å². The minimum absolute atomic E-state index is 0.0184. The fourth-order valence-electron chi connectivity index (χ4n) is 5.27. The number of hydrogen-bond acceptors (Lipinski definition) is 7. The highest BCUT2D eigenvalue weighted by atomic mass is 32.1. The molecule has 0 radical (unpaired) electrons. The molecule has 9 nitrogen and oxygen atoms in total. The number of benzene rings is 1. The van der Waals surface area contributed by atoms with E-state index in [1.807, 2.05) is 46.9 Å². The third-order valence-corrected chi connectivity index (χ3v) is 8.06. The Kier molecular flexibility index (Phi) is 6.88. The maximum atomic E-state index is 15.7. The van der Waals surface area contributed by atoms with Crippen molar-refractivity contribution >= 4 is 27.3 Å². The Morgan fingerprint density at radius 1 is 1.22 bits per heavy atom. The summed E-state index contributed by atoms with van der Waals surface area (Å²) in [5.41, 5.74) is 3.22. The quantitative estimate of drug-likeness (QED) is 0.275. The van der Waals surface area contributed by atoms with Crippen molar-refractivity contribution in [2.24, 2.45) is 7.05 Å². The summed E-state index contributed by atoms with van der Waals surface area (Å²) in [6.07, 6.45) is 4.81. The second-order valence-corrected chi connectivity index (χ2v) is 10.6. The summed E-state index contributed by atoms with van der Waals surface area (Å²) in [5, 5.41) is 16.8. The smallest absolute Gasteiger partial charge is 0.246 e. The third kappa shape index (κ3) is 4.58. The Balaban J connectivity index is 1.64. The van der Waals surface area contributed by atoms with Crippen LogP contribution in [0.5, 0.6) is 5.75 Å². The van der Waals surface area contributed by atoms with Crippen molar-refractivity contribution in [2.75, 3.05) is 19.8 Å². The van der Waals surface area contributed by atoms with E-state index in [4.69, 9.17) is 14.8 Å². The molecule has 0 saturated carbocycles. The van der Waals surface area contributed by atoms with E-state index in [9.17, 15) is 14.3 Å². The average molecular weight is 577 g/mol. The van der Waals surface area contributed by atoms with E-state index in [2.05, 4.69) is 11.6 Å². The first kappa shape index (κ1) is 26.8. The molecule has 5 aromatic rings. The highest BCUT2D eigenvalue weighted by Crippen LogP contribution is 2.47. The number of thiophene rings is 1. The second-order valence-electron chi connectivity index (χ2n) is 9.69. The number of rotatable bonds is 7. The number of pyridine rings is 1. The van der Waals surface area contributed by atoms with Crippen molar-refractivity contribution in [2.45, 2.75) is 19.5 Å². The zero-order chi connectivity index (χ0) is 28.8. The van der Waals surface area contributed by atoms with Crippen molar-refractivity contribution in [3.63, 3.8) is 0 Å². The van der Waals surface area contributed by atoms with Gasteiger partial charge in [-0.15, -0.1) is 11.3 Å². The minimum Gasteiger partial charge on any atom is -0.490 e. The van der Waals surface area contributed by atoms with Crippen LogP contribution in [0, 0.1) is 11.6 Å². The molecule has 0 fully saturated rings. The van der Waals surface area contributed by atoms with Crippen LogP contribution in [0.25, 0.3) is 44.0 Å². The van der Waals surface area contributed by atoms with Gasteiger partial charge >= 0.3 is 0 Å². The molecule has 0 bridgehead atoms. The first-order valence-electron chi connectivity index (χ1n) is 12.9. The van der Waals surface area contributed by atoms with Gasteiger partial charge in [-0.3, -0.25) is 9.48 Å². The second kappa shape index (κ2) is 10.5. The van der Waals surface area contributed by atoms with Gasteiger partial charge in [0.15, 0.2) is 0 Å². The van der Waals surface area contributed by atoms with Crippen LogP contribution in [-0.4, -0.2) is 60.0 Å². The summed E-state index contributed by atoms with van der Waals surface area (Å²) in [7, 11) is 1.86. The molecule has 1 aliphatic heterocycles. The summed E-state index contributed by atoms with van der Waals surface area (Å²) in [6.45, 7) is 5.95. The number of nitrogens with zero attached hydrogens (tertiary/aromatic N) is 6. The Morgan fingerprint density at radius 3 is 2.78 bits per heavy atom. The molecule has 1 N–H and O–H groups in total. The Bertz CT molecular complexity index is 1810. The van der Waals surface area contributed by atoms with Gasteiger partial charge in [0.25, 0.3) is 0 Å². The molecular formula is C29H26F2N6O3S. The molecule has 4 aromatic heterocycles. The van der Waals surface area contributed by atoms with Crippen LogP contribution in [0.3, 0.4) is 0 Å². The molecular weight excluding hydrogens is 550 g/mol. The summed E-state index contributed by atoms with van der Waals surface area (Å²) in [4.78, 5) is 23.7. The molecule has 5 heterocycles. The van der Waals surface area contributed by atoms with E-state index in [-0.39, 0.29) is 36.5 Å². The van der Waals surface area contributed by atoms with E-state index in [1.54, 1.807) is 11.2 Å². The monoisotopic (exact) mass is 576 g/mol. The van der Waals surface area contributed by atoms with Gasteiger partial charge in [-0.1, -0.05) is 6.58 Å². The van der Waals surface area contributed by atoms with Gasteiger partial charge < -0.3 is 19.3 Å². The van der Waals surface area contributed by atoms with Crippen molar-refractivity contribution in [1.82, 2.24) is 29.2 Å². The number of hydrogen-bond donors (Lipinski definition) is 1. The van der Waals surface area contributed by atoms with Crippen molar-refractivity contribution in [3.05, 3.63) is 72.2 Å². The molecule has 6 rings (SSSR count). The number of aliphatic hydroxyl groups excluding tert-OH is 1. The fraction of sp³-hybridized carbons (Fsp3) is 0.241. The lowest BCUT2D eigenvalue weighted by Crippen LogP contribution is -2.40. The van der Waals surface area contributed by atoms with Crippen LogP contribution in [0.2, 0.25) is 0 Å². The molecule has 0 unspecified atom stereocenters. The first-order chi connectivity index (χ1) is 19.8. The number of aliphatic hydroxyl groups is 1. The predicted octanol–water partition coefficient (Wildman–Crippen LogP) is 4.97. The largest absolute Gasteiger partial charge is 0.490 e. The van der Waals surface area contributed by atoms with Gasteiger partial charge in [-0.25, -0.2) is 18.7 Å². The van der Waals surface area contributed by atoms with Crippen LogP contribution in [-0.2, 0) is 18.4 Å². The molecule has 1 atom stereocenters. The van der Waals surface area contributed by atoms with Crippen LogP contribution in [0.15, 0.2) is 54.8 Å². The normalized spacial score (nSPS) is 14.9. The van der Waals surface area contributed by atoms with Crippen molar-refractivity contribution in [1.29, 1.82) is 0 Å². The number of carbonyl (C=O) groups excluding carboxylic acids is 1. The fourth-order valence-corrected chi connectivity index (χ4v) is 6.22. The maximum absolute atomic E-state index is 15.7. The lowest BCUT2D eigenvalue weighted by atomic mass is 9.97. The molecule has 1 aliphatic rings. The predicted molar refractivity (Wildman–Crippen MR) is 151 cm³/mol. The van der Waals surface area contributed by atoms with Gasteiger partial charge in [0.1, 0.15) is 41.1 Å². The molecule has 12 heteroatoms. The minimum atomic E-state index is -0.832. The topological polar surface area (TPSA) is 98.3 Å². The molecule has 1 aromatic carbocycles. The van der Waals surface area contributed by atoms with E-state index in [1.165, 1.54) is 17.4 Å². The maximum Gasteiger partial charge on any atom is 0.246 e. The van der Waals surface area contributed by atoms with Gasteiger partial charge in [0, 0.05) is 47.6 Å². The van der Waals surface area contributed by atoms with E-state index in [0.29, 0.717) is 46.1 Å². The molecule has 0 saturated heterocycles. The zero-order valence-electron chi connectivity index (χ0n) is 22.3. The lowest BCUT2D eigenvalue weighted by Gasteiger charge is -2.33. The summed E-state index contributed by atoms with van der Waals surface area (Å²) < 4.78 is 40.1. The number of carbonyl (C=O) groups is 1. The van der Waals surface area contributed by atoms with Crippen molar-refractivity contribution in [3.8, 4) is 39.7 Å². The van der Waals surface area contributed by atoms with E-state index in [0.717, 1.165) is 23.2 Å². The molecule has 41 heavy (non-hydrogen) atoms. The van der Waals surface area contributed by atoms with Crippen LogP contribution < -0.4 is 4.74 Å². The highest BCUT2D eigenvalue weighted by Gasteiger charge is 2.31. The first-order valence-corrected chi connectivity index (χ1v) is 13.8. The van der Waals surface area contributed by atoms with Gasteiger partial charge in [-0.05, 0) is 30.5 Å². The zero-order valence-corrected chi connectivity index (χ0v) is 23.2. The van der Waals surface area contributed by atoms with Crippen LogP contribution in [0.4, 0.5) is 8.78 Å².